The van der Waals surface area contributed by atoms with Crippen molar-refractivity contribution < 1.29 is 4.74 Å². The average Bonchev–Trinajstić information content (AvgIpc) is 2.73. The zero-order valence-corrected chi connectivity index (χ0v) is 15.9. The molecule has 27 heavy (non-hydrogen) atoms. The molecule has 3 rings (SSSR count). The van der Waals surface area contributed by atoms with Gasteiger partial charge in [0.25, 0.3) is 0 Å². The summed E-state index contributed by atoms with van der Waals surface area (Å²) in [6.07, 6.45) is 1.96. The summed E-state index contributed by atoms with van der Waals surface area (Å²) in [5.41, 5.74) is 2.26. The largest absolute Gasteiger partial charge is 0.497 e. The maximum atomic E-state index is 5.20. The third-order valence-electron chi connectivity index (χ3n) is 4.19. The van der Waals surface area contributed by atoms with E-state index in [4.69, 9.17) is 4.74 Å². The first-order chi connectivity index (χ1) is 13.3. The second-order valence-electron chi connectivity index (χ2n) is 6.28. The van der Waals surface area contributed by atoms with Gasteiger partial charge in [-0.05, 0) is 30.5 Å². The van der Waals surface area contributed by atoms with E-state index in [0.29, 0.717) is 0 Å². The lowest BCUT2D eigenvalue weighted by atomic mass is 10.1. The summed E-state index contributed by atoms with van der Waals surface area (Å²) >= 11 is 0. The molecule has 0 saturated carbocycles. The molecule has 3 aromatic rings. The van der Waals surface area contributed by atoms with Gasteiger partial charge in [-0.2, -0.15) is 0 Å². The molecule has 0 amide bonds. The third kappa shape index (κ3) is 5.45. The fourth-order valence-corrected chi connectivity index (χ4v) is 2.72. The van der Waals surface area contributed by atoms with E-state index in [1.54, 1.807) is 7.11 Å². The van der Waals surface area contributed by atoms with E-state index in [1.807, 2.05) is 48.5 Å². The highest BCUT2D eigenvalue weighted by Gasteiger charge is 2.07. The molecule has 140 valence electrons. The standard InChI is InChI=1S/C22H26N4O/c1-3-14-23-20-16-21(26-22(25-20)18-7-5-4-6-8-18)24-15-13-17-9-11-19(27-2)12-10-17/h4-12,16H,3,13-15H2,1-2H3,(H2,23,24,25,26). The molecule has 0 aliphatic rings. The molecule has 0 saturated heterocycles. The summed E-state index contributed by atoms with van der Waals surface area (Å²) in [5.74, 6) is 3.28. The minimum absolute atomic E-state index is 0.726. The Morgan fingerprint density at radius 2 is 1.52 bits per heavy atom. The first-order valence-corrected chi connectivity index (χ1v) is 9.33. The van der Waals surface area contributed by atoms with Gasteiger partial charge in [-0.3, -0.25) is 0 Å². The number of anilines is 2. The SMILES string of the molecule is CCCNc1cc(NCCc2ccc(OC)cc2)nc(-c2ccccc2)n1. The Morgan fingerprint density at radius 1 is 0.852 bits per heavy atom. The Kier molecular flexibility index (Phi) is 6.63. The normalized spacial score (nSPS) is 10.4. The molecular formula is C22H26N4O. The molecule has 0 fully saturated rings. The van der Waals surface area contributed by atoms with Crippen LogP contribution in [0.25, 0.3) is 11.4 Å². The van der Waals surface area contributed by atoms with Crippen LogP contribution in [0.1, 0.15) is 18.9 Å². The van der Waals surface area contributed by atoms with Crippen molar-refractivity contribution in [1.82, 2.24) is 9.97 Å². The van der Waals surface area contributed by atoms with Crippen LogP contribution in [-0.4, -0.2) is 30.2 Å². The lowest BCUT2D eigenvalue weighted by Gasteiger charge is -2.11. The van der Waals surface area contributed by atoms with Crippen molar-refractivity contribution in [3.63, 3.8) is 0 Å². The number of ether oxygens (including phenoxy) is 1. The van der Waals surface area contributed by atoms with Crippen LogP contribution >= 0.6 is 0 Å². The van der Waals surface area contributed by atoms with E-state index in [-0.39, 0.29) is 0 Å². The van der Waals surface area contributed by atoms with E-state index in [9.17, 15) is 0 Å². The van der Waals surface area contributed by atoms with E-state index in [0.717, 1.165) is 54.7 Å². The van der Waals surface area contributed by atoms with Crippen LogP contribution in [0, 0.1) is 0 Å². The van der Waals surface area contributed by atoms with Gasteiger partial charge in [0.05, 0.1) is 7.11 Å². The predicted octanol–water partition coefficient (Wildman–Crippen LogP) is 4.63. The molecule has 2 N–H and O–H groups in total. The Morgan fingerprint density at radius 3 is 2.15 bits per heavy atom. The van der Waals surface area contributed by atoms with Crippen LogP contribution in [0.5, 0.6) is 5.75 Å². The minimum Gasteiger partial charge on any atom is -0.497 e. The van der Waals surface area contributed by atoms with Gasteiger partial charge in [0, 0.05) is 24.7 Å². The fourth-order valence-electron chi connectivity index (χ4n) is 2.72. The van der Waals surface area contributed by atoms with E-state index in [2.05, 4.69) is 39.7 Å². The lowest BCUT2D eigenvalue weighted by molar-refractivity contribution is 0.414. The number of methoxy groups -OCH3 is 1. The summed E-state index contributed by atoms with van der Waals surface area (Å²) in [4.78, 5) is 9.34. The first-order valence-electron chi connectivity index (χ1n) is 9.33. The van der Waals surface area contributed by atoms with E-state index < -0.39 is 0 Å². The van der Waals surface area contributed by atoms with Crippen LogP contribution in [0.15, 0.2) is 60.7 Å². The molecule has 0 aliphatic heterocycles. The third-order valence-corrected chi connectivity index (χ3v) is 4.19. The van der Waals surface area contributed by atoms with E-state index in [1.165, 1.54) is 5.56 Å². The number of hydrogen-bond donors (Lipinski definition) is 2. The van der Waals surface area contributed by atoms with Crippen molar-refractivity contribution in [2.24, 2.45) is 0 Å². The maximum Gasteiger partial charge on any atom is 0.163 e. The summed E-state index contributed by atoms with van der Waals surface area (Å²) in [6, 6.07) is 20.2. The molecule has 2 aromatic carbocycles. The quantitative estimate of drug-likeness (QED) is 0.581. The Bertz CT molecular complexity index is 835. The van der Waals surface area contributed by atoms with E-state index >= 15 is 0 Å². The Hall–Kier alpha value is -3.08. The fraction of sp³-hybridized carbons (Fsp3) is 0.273. The van der Waals surface area contributed by atoms with Gasteiger partial charge < -0.3 is 15.4 Å². The molecule has 0 aliphatic carbocycles. The molecule has 0 atom stereocenters. The Balaban J connectivity index is 1.70. The van der Waals surface area contributed by atoms with Gasteiger partial charge in [-0.1, -0.05) is 49.4 Å². The predicted molar refractivity (Wildman–Crippen MR) is 111 cm³/mol. The summed E-state index contributed by atoms with van der Waals surface area (Å²) in [7, 11) is 1.68. The van der Waals surface area contributed by atoms with Gasteiger partial charge in [0.15, 0.2) is 5.82 Å². The zero-order chi connectivity index (χ0) is 18.9. The monoisotopic (exact) mass is 362 g/mol. The highest BCUT2D eigenvalue weighted by atomic mass is 16.5. The van der Waals surface area contributed by atoms with Crippen LogP contribution < -0.4 is 15.4 Å². The van der Waals surface area contributed by atoms with Crippen LogP contribution in [0.4, 0.5) is 11.6 Å². The van der Waals surface area contributed by atoms with Crippen LogP contribution in [0.3, 0.4) is 0 Å². The molecule has 5 heteroatoms. The van der Waals surface area contributed by atoms with Crippen LogP contribution in [-0.2, 0) is 6.42 Å². The van der Waals surface area contributed by atoms with Crippen LogP contribution in [0.2, 0.25) is 0 Å². The summed E-state index contributed by atoms with van der Waals surface area (Å²) in [6.45, 7) is 3.82. The number of aromatic nitrogens is 2. The number of rotatable bonds is 9. The summed E-state index contributed by atoms with van der Waals surface area (Å²) < 4.78 is 5.20. The van der Waals surface area contributed by atoms with Crippen molar-refractivity contribution in [3.8, 4) is 17.1 Å². The van der Waals surface area contributed by atoms with Crippen molar-refractivity contribution in [2.75, 3.05) is 30.8 Å². The van der Waals surface area contributed by atoms with Crippen molar-refractivity contribution in [2.45, 2.75) is 19.8 Å². The molecule has 5 nitrogen and oxygen atoms in total. The number of nitrogens with one attached hydrogen (secondary N) is 2. The lowest BCUT2D eigenvalue weighted by Crippen LogP contribution is -2.09. The smallest absolute Gasteiger partial charge is 0.163 e. The molecule has 1 aromatic heterocycles. The first kappa shape index (κ1) is 18.7. The highest BCUT2D eigenvalue weighted by Crippen LogP contribution is 2.20. The average molecular weight is 362 g/mol. The molecule has 0 bridgehead atoms. The van der Waals surface area contributed by atoms with Gasteiger partial charge in [0.2, 0.25) is 0 Å². The van der Waals surface area contributed by atoms with Gasteiger partial charge >= 0.3 is 0 Å². The van der Waals surface area contributed by atoms with Gasteiger partial charge in [-0.15, -0.1) is 0 Å². The topological polar surface area (TPSA) is 59.1 Å². The van der Waals surface area contributed by atoms with Crippen molar-refractivity contribution in [1.29, 1.82) is 0 Å². The van der Waals surface area contributed by atoms with Gasteiger partial charge in [0.1, 0.15) is 17.4 Å². The van der Waals surface area contributed by atoms with Crippen molar-refractivity contribution in [3.05, 3.63) is 66.2 Å². The second kappa shape index (κ2) is 9.57. The molecular weight excluding hydrogens is 336 g/mol. The molecule has 0 unspecified atom stereocenters. The molecule has 1 heterocycles. The highest BCUT2D eigenvalue weighted by molar-refractivity contribution is 5.61. The Labute approximate surface area is 160 Å². The molecule has 0 radical (unpaired) electrons. The second-order valence-corrected chi connectivity index (χ2v) is 6.28. The number of nitrogens with zero attached hydrogens (tertiary/aromatic N) is 2. The minimum atomic E-state index is 0.726. The number of benzene rings is 2. The number of hydrogen-bond acceptors (Lipinski definition) is 5. The van der Waals surface area contributed by atoms with Gasteiger partial charge in [-0.25, -0.2) is 9.97 Å². The van der Waals surface area contributed by atoms with Crippen molar-refractivity contribution >= 4 is 11.6 Å². The zero-order valence-electron chi connectivity index (χ0n) is 15.9. The molecule has 0 spiro atoms. The maximum absolute atomic E-state index is 5.20. The summed E-state index contributed by atoms with van der Waals surface area (Å²) in [5, 5.41) is 6.79.